The molecule has 4 nitrogen and oxygen atoms in total. The highest BCUT2D eigenvalue weighted by Gasteiger charge is 2.23. The van der Waals surface area contributed by atoms with Crippen LogP contribution >= 0.6 is 0 Å². The van der Waals surface area contributed by atoms with Gasteiger partial charge in [-0.15, -0.1) is 0 Å². The van der Waals surface area contributed by atoms with Gasteiger partial charge in [-0.3, -0.25) is 0 Å². The summed E-state index contributed by atoms with van der Waals surface area (Å²) in [6, 6.07) is 4.57. The summed E-state index contributed by atoms with van der Waals surface area (Å²) in [6.07, 6.45) is 1.02. The van der Waals surface area contributed by atoms with E-state index >= 15 is 0 Å². The van der Waals surface area contributed by atoms with Crippen molar-refractivity contribution in [2.75, 3.05) is 13.1 Å². The number of nitrogens with zero attached hydrogens (tertiary/aromatic N) is 2. The zero-order chi connectivity index (χ0) is 12.5. The summed E-state index contributed by atoms with van der Waals surface area (Å²) >= 11 is 0. The lowest BCUT2D eigenvalue weighted by Gasteiger charge is -2.00. The molecule has 2 heterocycles. The fourth-order valence-electron chi connectivity index (χ4n) is 2.25. The fraction of sp³-hybridized carbons (Fsp3) is 0.385. The molecule has 1 atom stereocenters. The number of rotatable bonds is 2. The quantitative estimate of drug-likeness (QED) is 0.884. The lowest BCUT2D eigenvalue weighted by Crippen LogP contribution is -2.08. The highest BCUT2D eigenvalue weighted by Crippen LogP contribution is 2.25. The van der Waals surface area contributed by atoms with Crippen LogP contribution in [0.15, 0.2) is 22.7 Å². The van der Waals surface area contributed by atoms with Crippen LogP contribution in [-0.4, -0.2) is 23.2 Å². The largest absolute Gasteiger partial charge is 0.339 e. The number of halogens is 1. The summed E-state index contributed by atoms with van der Waals surface area (Å²) in [5.41, 5.74) is 1.63. The molecule has 0 saturated carbocycles. The van der Waals surface area contributed by atoms with E-state index in [1.54, 1.807) is 6.07 Å². The number of benzene rings is 1. The van der Waals surface area contributed by atoms with Gasteiger partial charge in [-0.1, -0.05) is 5.16 Å². The minimum Gasteiger partial charge on any atom is -0.339 e. The van der Waals surface area contributed by atoms with Gasteiger partial charge in [-0.05, 0) is 43.7 Å². The predicted molar refractivity (Wildman–Crippen MR) is 64.7 cm³/mol. The number of nitrogens with one attached hydrogen (secondary N) is 1. The lowest BCUT2D eigenvalue weighted by atomic mass is 10.1. The van der Waals surface area contributed by atoms with Gasteiger partial charge in [-0.2, -0.15) is 4.98 Å². The number of aryl methyl sites for hydroxylation is 1. The van der Waals surface area contributed by atoms with Crippen LogP contribution < -0.4 is 5.32 Å². The first-order valence-electron chi connectivity index (χ1n) is 6.05. The SMILES string of the molecule is Cc1cc(F)ccc1-c1noc(C2CCNC2)n1. The van der Waals surface area contributed by atoms with Gasteiger partial charge < -0.3 is 9.84 Å². The summed E-state index contributed by atoms with van der Waals surface area (Å²) in [6.45, 7) is 3.70. The van der Waals surface area contributed by atoms with Crippen LogP contribution in [0.4, 0.5) is 4.39 Å². The van der Waals surface area contributed by atoms with Crippen LogP contribution in [0.1, 0.15) is 23.8 Å². The third kappa shape index (κ3) is 2.01. The predicted octanol–water partition coefficient (Wildman–Crippen LogP) is 2.26. The van der Waals surface area contributed by atoms with Gasteiger partial charge in [0.1, 0.15) is 5.82 Å². The highest BCUT2D eigenvalue weighted by atomic mass is 19.1. The van der Waals surface area contributed by atoms with Gasteiger partial charge >= 0.3 is 0 Å². The van der Waals surface area contributed by atoms with Crippen molar-refractivity contribution in [3.05, 3.63) is 35.5 Å². The van der Waals surface area contributed by atoms with Crippen LogP contribution in [0, 0.1) is 12.7 Å². The molecule has 18 heavy (non-hydrogen) atoms. The van der Waals surface area contributed by atoms with Gasteiger partial charge in [0.15, 0.2) is 0 Å². The normalized spacial score (nSPS) is 19.3. The average Bonchev–Trinajstić information content (AvgIpc) is 2.99. The first-order chi connectivity index (χ1) is 8.74. The molecule has 0 amide bonds. The van der Waals surface area contributed by atoms with E-state index in [2.05, 4.69) is 15.5 Å². The van der Waals surface area contributed by atoms with Crippen molar-refractivity contribution >= 4 is 0 Å². The van der Waals surface area contributed by atoms with Crippen LogP contribution in [-0.2, 0) is 0 Å². The topological polar surface area (TPSA) is 51.0 Å². The first-order valence-corrected chi connectivity index (χ1v) is 6.05. The van der Waals surface area contributed by atoms with E-state index in [4.69, 9.17) is 4.52 Å². The molecule has 0 spiro atoms. The molecule has 0 radical (unpaired) electrons. The van der Waals surface area contributed by atoms with Crippen molar-refractivity contribution in [1.82, 2.24) is 15.5 Å². The molecular weight excluding hydrogens is 233 g/mol. The van der Waals surface area contributed by atoms with Gasteiger partial charge in [-0.25, -0.2) is 4.39 Å². The monoisotopic (exact) mass is 247 g/mol. The molecule has 1 fully saturated rings. The zero-order valence-corrected chi connectivity index (χ0v) is 10.1. The van der Waals surface area contributed by atoms with Crippen LogP contribution in [0.2, 0.25) is 0 Å². The third-order valence-electron chi connectivity index (χ3n) is 3.28. The molecule has 94 valence electrons. The van der Waals surface area contributed by atoms with E-state index in [9.17, 15) is 4.39 Å². The Morgan fingerprint density at radius 1 is 1.44 bits per heavy atom. The standard InChI is InChI=1S/C13H14FN3O/c1-8-6-10(14)2-3-11(8)12-16-13(18-17-12)9-4-5-15-7-9/h2-3,6,9,15H,4-5,7H2,1H3. The van der Waals surface area contributed by atoms with Crippen molar-refractivity contribution in [3.8, 4) is 11.4 Å². The van der Waals surface area contributed by atoms with Crippen LogP contribution in [0.3, 0.4) is 0 Å². The third-order valence-corrected chi connectivity index (χ3v) is 3.28. The second-order valence-corrected chi connectivity index (χ2v) is 4.61. The van der Waals surface area contributed by atoms with E-state index in [1.807, 2.05) is 6.92 Å². The second kappa shape index (κ2) is 4.49. The number of hydrogen-bond acceptors (Lipinski definition) is 4. The van der Waals surface area contributed by atoms with Crippen molar-refractivity contribution in [3.63, 3.8) is 0 Å². The molecule has 2 aromatic rings. The van der Waals surface area contributed by atoms with E-state index in [-0.39, 0.29) is 5.82 Å². The van der Waals surface area contributed by atoms with Crippen molar-refractivity contribution < 1.29 is 8.91 Å². The number of aromatic nitrogens is 2. The molecule has 1 aliphatic rings. The maximum Gasteiger partial charge on any atom is 0.231 e. The van der Waals surface area contributed by atoms with Gasteiger partial charge in [0.2, 0.25) is 11.7 Å². The summed E-state index contributed by atoms with van der Waals surface area (Å²) in [7, 11) is 0. The smallest absolute Gasteiger partial charge is 0.231 e. The fourth-order valence-corrected chi connectivity index (χ4v) is 2.25. The molecule has 1 aliphatic heterocycles. The zero-order valence-electron chi connectivity index (χ0n) is 10.1. The van der Waals surface area contributed by atoms with Crippen molar-refractivity contribution in [2.24, 2.45) is 0 Å². The molecule has 1 unspecified atom stereocenters. The van der Waals surface area contributed by atoms with E-state index in [0.717, 1.165) is 30.6 Å². The summed E-state index contributed by atoms with van der Waals surface area (Å²) < 4.78 is 18.3. The van der Waals surface area contributed by atoms with E-state index in [0.29, 0.717) is 17.6 Å². The minimum atomic E-state index is -0.250. The van der Waals surface area contributed by atoms with Gasteiger partial charge in [0, 0.05) is 12.1 Å². The summed E-state index contributed by atoms with van der Waals surface area (Å²) in [4.78, 5) is 4.41. The molecule has 1 aromatic carbocycles. The van der Waals surface area contributed by atoms with E-state index < -0.39 is 0 Å². The summed E-state index contributed by atoms with van der Waals surface area (Å²) in [5.74, 6) is 1.25. The molecular formula is C13H14FN3O. The Labute approximate surface area is 104 Å². The number of hydrogen-bond donors (Lipinski definition) is 1. The molecule has 0 aliphatic carbocycles. The van der Waals surface area contributed by atoms with Gasteiger partial charge in [0.05, 0.1) is 5.92 Å². The maximum atomic E-state index is 13.0. The van der Waals surface area contributed by atoms with Gasteiger partial charge in [0.25, 0.3) is 0 Å². The Hall–Kier alpha value is -1.75. The summed E-state index contributed by atoms with van der Waals surface area (Å²) in [5, 5.41) is 7.25. The Balaban J connectivity index is 1.92. The Morgan fingerprint density at radius 2 is 2.33 bits per heavy atom. The Bertz CT molecular complexity index is 561. The lowest BCUT2D eigenvalue weighted by molar-refractivity contribution is 0.359. The first kappa shape index (κ1) is 11.3. The molecule has 1 N–H and O–H groups in total. The molecule has 0 bridgehead atoms. The molecule has 1 saturated heterocycles. The Morgan fingerprint density at radius 3 is 3.06 bits per heavy atom. The van der Waals surface area contributed by atoms with Crippen LogP contribution in [0.25, 0.3) is 11.4 Å². The maximum absolute atomic E-state index is 13.0. The molecule has 3 rings (SSSR count). The van der Waals surface area contributed by atoms with E-state index in [1.165, 1.54) is 12.1 Å². The second-order valence-electron chi connectivity index (χ2n) is 4.61. The van der Waals surface area contributed by atoms with Crippen LogP contribution in [0.5, 0.6) is 0 Å². The van der Waals surface area contributed by atoms with Crippen molar-refractivity contribution in [2.45, 2.75) is 19.3 Å². The molecule has 1 aromatic heterocycles. The highest BCUT2D eigenvalue weighted by molar-refractivity contribution is 5.59. The average molecular weight is 247 g/mol. The minimum absolute atomic E-state index is 0.250. The Kier molecular flexibility index (Phi) is 2.83. The molecule has 5 heteroatoms. The van der Waals surface area contributed by atoms with Crippen molar-refractivity contribution in [1.29, 1.82) is 0 Å².